The number of nitrogens with one attached hydrogen (secondary N) is 1. The fourth-order valence-electron chi connectivity index (χ4n) is 1.30. The Morgan fingerprint density at radius 2 is 1.81 bits per heavy atom. The van der Waals surface area contributed by atoms with Gasteiger partial charge in [0.05, 0.1) is 0 Å². The second-order valence-corrected chi connectivity index (χ2v) is 4.85. The van der Waals surface area contributed by atoms with Crippen LogP contribution in [0.25, 0.3) is 0 Å². The van der Waals surface area contributed by atoms with Crippen molar-refractivity contribution >= 4 is 11.7 Å². The predicted molar refractivity (Wildman–Crippen MR) is 65.3 cm³/mol. The minimum absolute atomic E-state index is 0.0530. The van der Waals surface area contributed by atoms with E-state index in [-0.39, 0.29) is 11.5 Å². The number of carbonyl (C=O) groups excluding carboxylic acids is 1. The molecule has 0 aliphatic heterocycles. The minimum Gasteiger partial charge on any atom is -0.461 e. The van der Waals surface area contributed by atoms with E-state index in [1.54, 1.807) is 0 Å². The van der Waals surface area contributed by atoms with E-state index in [9.17, 15) is 4.79 Å². The van der Waals surface area contributed by atoms with Gasteiger partial charge in [0.1, 0.15) is 6.61 Å². The summed E-state index contributed by atoms with van der Waals surface area (Å²) in [6.45, 7) is 8.08. The zero-order valence-corrected chi connectivity index (χ0v) is 10.3. The maximum Gasteiger partial charge on any atom is 0.302 e. The van der Waals surface area contributed by atoms with Crippen LogP contribution >= 0.6 is 0 Å². The van der Waals surface area contributed by atoms with Gasteiger partial charge in [-0.2, -0.15) is 0 Å². The molecule has 0 amide bonds. The molecule has 1 aromatic carbocycles. The Kier molecular flexibility index (Phi) is 3.93. The second kappa shape index (κ2) is 5.01. The van der Waals surface area contributed by atoms with Crippen molar-refractivity contribution in [3.63, 3.8) is 0 Å². The molecule has 0 fully saturated rings. The number of hydrogen-bond acceptors (Lipinski definition) is 3. The molecule has 0 bridgehead atoms. The lowest BCUT2D eigenvalue weighted by Gasteiger charge is -2.22. The lowest BCUT2D eigenvalue weighted by Crippen LogP contribution is -2.25. The van der Waals surface area contributed by atoms with Crippen LogP contribution < -0.4 is 5.32 Å². The molecular formula is C13H19NO2. The first kappa shape index (κ1) is 12.6. The van der Waals surface area contributed by atoms with Gasteiger partial charge in [0, 0.05) is 18.2 Å². The van der Waals surface area contributed by atoms with Crippen molar-refractivity contribution < 1.29 is 9.53 Å². The van der Waals surface area contributed by atoms with Crippen LogP contribution in [0.15, 0.2) is 24.3 Å². The first-order valence-electron chi connectivity index (χ1n) is 5.37. The first-order chi connectivity index (χ1) is 7.37. The van der Waals surface area contributed by atoms with E-state index in [0.717, 1.165) is 11.3 Å². The van der Waals surface area contributed by atoms with E-state index in [4.69, 9.17) is 4.74 Å². The summed E-state index contributed by atoms with van der Waals surface area (Å²) in [6, 6.07) is 7.89. The smallest absolute Gasteiger partial charge is 0.302 e. The summed E-state index contributed by atoms with van der Waals surface area (Å²) >= 11 is 0. The third kappa shape index (κ3) is 4.82. The number of carbonyl (C=O) groups is 1. The van der Waals surface area contributed by atoms with Crippen LogP contribution in [0.4, 0.5) is 5.69 Å². The molecule has 0 aliphatic carbocycles. The van der Waals surface area contributed by atoms with Gasteiger partial charge in [0.25, 0.3) is 0 Å². The van der Waals surface area contributed by atoms with Gasteiger partial charge in [0.2, 0.25) is 0 Å². The zero-order chi connectivity index (χ0) is 12.2. The average Bonchev–Trinajstić information content (AvgIpc) is 2.14. The third-order valence-electron chi connectivity index (χ3n) is 1.92. The highest BCUT2D eigenvalue weighted by molar-refractivity contribution is 5.65. The molecule has 1 aromatic rings. The van der Waals surface area contributed by atoms with Crippen LogP contribution in [0.3, 0.4) is 0 Å². The zero-order valence-electron chi connectivity index (χ0n) is 10.3. The van der Waals surface area contributed by atoms with E-state index in [1.807, 2.05) is 24.3 Å². The summed E-state index contributed by atoms with van der Waals surface area (Å²) in [5.41, 5.74) is 2.12. The first-order valence-corrected chi connectivity index (χ1v) is 5.37. The molecule has 88 valence electrons. The van der Waals surface area contributed by atoms with Gasteiger partial charge in [-0.1, -0.05) is 12.1 Å². The summed E-state index contributed by atoms with van der Waals surface area (Å²) in [4.78, 5) is 10.6. The normalized spacial score (nSPS) is 11.0. The van der Waals surface area contributed by atoms with E-state index in [2.05, 4.69) is 26.1 Å². The topological polar surface area (TPSA) is 38.3 Å². The molecule has 0 saturated carbocycles. The summed E-state index contributed by atoms with van der Waals surface area (Å²) in [5, 5.41) is 3.37. The second-order valence-electron chi connectivity index (χ2n) is 4.85. The highest BCUT2D eigenvalue weighted by atomic mass is 16.5. The van der Waals surface area contributed by atoms with E-state index in [1.165, 1.54) is 6.92 Å². The number of benzene rings is 1. The van der Waals surface area contributed by atoms with Crippen molar-refractivity contribution in [2.75, 3.05) is 5.32 Å². The Labute approximate surface area is 96.8 Å². The van der Waals surface area contributed by atoms with Gasteiger partial charge in [-0.15, -0.1) is 0 Å². The molecule has 16 heavy (non-hydrogen) atoms. The van der Waals surface area contributed by atoms with Crippen molar-refractivity contribution in [3.05, 3.63) is 29.8 Å². The summed E-state index contributed by atoms with van der Waals surface area (Å²) in [6.07, 6.45) is 0. The van der Waals surface area contributed by atoms with Crippen LogP contribution in [-0.4, -0.2) is 11.5 Å². The number of rotatable bonds is 3. The molecule has 1 N–H and O–H groups in total. The Bertz CT molecular complexity index is 349. The molecule has 1 rings (SSSR count). The van der Waals surface area contributed by atoms with E-state index in [0.29, 0.717) is 6.61 Å². The van der Waals surface area contributed by atoms with E-state index < -0.39 is 0 Å². The number of ether oxygens (including phenoxy) is 1. The third-order valence-corrected chi connectivity index (χ3v) is 1.92. The van der Waals surface area contributed by atoms with Gasteiger partial charge >= 0.3 is 5.97 Å². The molecular weight excluding hydrogens is 202 g/mol. The fraction of sp³-hybridized carbons (Fsp3) is 0.462. The Hall–Kier alpha value is -1.51. The summed E-state index contributed by atoms with van der Waals surface area (Å²) in [5.74, 6) is -0.253. The molecule has 0 heterocycles. The quantitative estimate of drug-likeness (QED) is 0.797. The predicted octanol–water partition coefficient (Wildman–Crippen LogP) is 2.96. The standard InChI is InChI=1S/C13H19NO2/c1-10(15)16-9-11-5-7-12(8-6-11)14-13(2,3)4/h5-8,14H,9H2,1-4H3. The van der Waals surface area contributed by atoms with Crippen molar-refractivity contribution in [1.82, 2.24) is 0 Å². The highest BCUT2D eigenvalue weighted by Gasteiger charge is 2.08. The van der Waals surface area contributed by atoms with Crippen molar-refractivity contribution in [2.24, 2.45) is 0 Å². The molecule has 0 unspecified atom stereocenters. The summed E-state index contributed by atoms with van der Waals surface area (Å²) in [7, 11) is 0. The Morgan fingerprint density at radius 3 is 2.25 bits per heavy atom. The van der Waals surface area contributed by atoms with Crippen molar-refractivity contribution in [1.29, 1.82) is 0 Å². The van der Waals surface area contributed by atoms with Gasteiger partial charge in [-0.05, 0) is 38.5 Å². The highest BCUT2D eigenvalue weighted by Crippen LogP contribution is 2.15. The Balaban J connectivity index is 2.57. The van der Waals surface area contributed by atoms with Crippen LogP contribution in [0.1, 0.15) is 33.3 Å². The lowest BCUT2D eigenvalue weighted by atomic mass is 10.1. The van der Waals surface area contributed by atoms with Crippen LogP contribution in [0.5, 0.6) is 0 Å². The van der Waals surface area contributed by atoms with Crippen molar-refractivity contribution in [3.8, 4) is 0 Å². The molecule has 0 atom stereocenters. The van der Waals surface area contributed by atoms with E-state index >= 15 is 0 Å². The minimum atomic E-state index is -0.253. The maximum absolute atomic E-state index is 10.6. The Morgan fingerprint density at radius 1 is 1.25 bits per heavy atom. The average molecular weight is 221 g/mol. The van der Waals surface area contributed by atoms with Gasteiger partial charge in [-0.3, -0.25) is 4.79 Å². The largest absolute Gasteiger partial charge is 0.461 e. The van der Waals surface area contributed by atoms with Gasteiger partial charge < -0.3 is 10.1 Å². The molecule has 0 saturated heterocycles. The van der Waals surface area contributed by atoms with Crippen LogP contribution in [0, 0.1) is 0 Å². The number of anilines is 1. The molecule has 0 aliphatic rings. The summed E-state index contributed by atoms with van der Waals surface area (Å²) < 4.78 is 4.91. The molecule has 0 radical (unpaired) electrons. The molecule has 3 heteroatoms. The van der Waals surface area contributed by atoms with Crippen molar-refractivity contribution in [2.45, 2.75) is 39.8 Å². The van der Waals surface area contributed by atoms with Crippen LogP contribution in [-0.2, 0) is 16.1 Å². The molecule has 0 aromatic heterocycles. The monoisotopic (exact) mass is 221 g/mol. The fourth-order valence-corrected chi connectivity index (χ4v) is 1.30. The number of hydrogen-bond donors (Lipinski definition) is 1. The van der Waals surface area contributed by atoms with Gasteiger partial charge in [0.15, 0.2) is 0 Å². The van der Waals surface area contributed by atoms with Crippen LogP contribution in [0.2, 0.25) is 0 Å². The molecule has 0 spiro atoms. The van der Waals surface area contributed by atoms with Gasteiger partial charge in [-0.25, -0.2) is 0 Å². The lowest BCUT2D eigenvalue weighted by molar-refractivity contribution is -0.142. The molecule has 3 nitrogen and oxygen atoms in total. The maximum atomic E-state index is 10.6. The number of esters is 1. The SMILES string of the molecule is CC(=O)OCc1ccc(NC(C)(C)C)cc1.